The summed E-state index contributed by atoms with van der Waals surface area (Å²) < 4.78 is 36.2. The molecule has 0 aliphatic rings. The van der Waals surface area contributed by atoms with Crippen molar-refractivity contribution in [3.63, 3.8) is 0 Å². The van der Waals surface area contributed by atoms with Gasteiger partial charge in [0.2, 0.25) is 0 Å². The summed E-state index contributed by atoms with van der Waals surface area (Å²) in [6.45, 7) is 4.48. The van der Waals surface area contributed by atoms with Crippen LogP contribution in [0.25, 0.3) is 10.8 Å². The van der Waals surface area contributed by atoms with E-state index in [1.807, 2.05) is 24.3 Å². The Labute approximate surface area is 237 Å². The number of rotatable bonds is 19. The van der Waals surface area contributed by atoms with Gasteiger partial charge in [-0.3, -0.25) is 0 Å². The SMILES string of the molecule is CCCCCCCCCCc1ccc(S(=O)(=O)[O-])c2c(CCCCCCCCCC)cccc12.[Na+]. The third kappa shape index (κ3) is 12.1. The normalized spacial score (nSPS) is 11.6. The molecule has 2 rings (SSSR count). The largest absolute Gasteiger partial charge is 1.00 e. The van der Waals surface area contributed by atoms with Crippen molar-refractivity contribution < 1.29 is 42.5 Å². The minimum Gasteiger partial charge on any atom is -0.744 e. The van der Waals surface area contributed by atoms with E-state index in [1.165, 1.54) is 89.0 Å². The van der Waals surface area contributed by atoms with Crippen LogP contribution in [0.15, 0.2) is 35.2 Å². The van der Waals surface area contributed by atoms with Gasteiger partial charge < -0.3 is 4.55 Å². The summed E-state index contributed by atoms with van der Waals surface area (Å²) in [5, 5.41) is 1.63. The zero-order valence-corrected chi connectivity index (χ0v) is 25.6. The van der Waals surface area contributed by atoms with E-state index in [0.717, 1.165) is 43.1 Å². The second-order valence-corrected chi connectivity index (χ2v) is 11.3. The maximum absolute atomic E-state index is 12.1. The van der Waals surface area contributed by atoms with Crippen LogP contribution in [0.3, 0.4) is 0 Å². The molecule has 2 aromatic carbocycles. The second-order valence-electron chi connectivity index (χ2n) is 9.97. The van der Waals surface area contributed by atoms with Gasteiger partial charge in [0.1, 0.15) is 10.1 Å². The van der Waals surface area contributed by atoms with Crippen LogP contribution in [0.5, 0.6) is 0 Å². The van der Waals surface area contributed by atoms with Crippen LogP contribution in [-0.4, -0.2) is 13.0 Å². The molecule has 0 radical (unpaired) electrons. The number of fused-ring (bicyclic) bond motifs is 1. The molecule has 0 bridgehead atoms. The topological polar surface area (TPSA) is 57.2 Å². The predicted octanol–water partition coefficient (Wildman–Crippen LogP) is 6.11. The van der Waals surface area contributed by atoms with E-state index in [1.54, 1.807) is 6.07 Å². The Balaban J connectivity index is 0.00000612. The molecule has 0 saturated carbocycles. The van der Waals surface area contributed by atoms with Gasteiger partial charge in [-0.1, -0.05) is 128 Å². The van der Waals surface area contributed by atoms with Crippen molar-refractivity contribution >= 4 is 20.9 Å². The maximum atomic E-state index is 12.1. The molecule has 192 valence electrons. The fraction of sp³-hybridized carbons (Fsp3) is 0.667. The average molecular weight is 511 g/mol. The minimum atomic E-state index is -4.51. The van der Waals surface area contributed by atoms with Crippen LogP contribution in [0.4, 0.5) is 0 Å². The van der Waals surface area contributed by atoms with Crippen molar-refractivity contribution in [2.45, 2.75) is 134 Å². The molecule has 2 aromatic rings. The van der Waals surface area contributed by atoms with E-state index in [-0.39, 0.29) is 34.5 Å². The van der Waals surface area contributed by atoms with E-state index in [0.29, 0.717) is 5.39 Å². The van der Waals surface area contributed by atoms with Crippen molar-refractivity contribution in [1.82, 2.24) is 0 Å². The first-order valence-electron chi connectivity index (χ1n) is 14.0. The molecule has 0 N–H and O–H groups in total. The average Bonchev–Trinajstić information content (AvgIpc) is 2.81. The Morgan fingerprint density at radius 3 is 1.54 bits per heavy atom. The van der Waals surface area contributed by atoms with Crippen LogP contribution in [0.1, 0.15) is 128 Å². The van der Waals surface area contributed by atoms with Crippen molar-refractivity contribution in [3.05, 3.63) is 41.5 Å². The summed E-state index contributed by atoms with van der Waals surface area (Å²) >= 11 is 0. The molecule has 0 unspecified atom stereocenters. The van der Waals surface area contributed by atoms with Crippen LogP contribution < -0.4 is 29.6 Å². The van der Waals surface area contributed by atoms with E-state index >= 15 is 0 Å². The summed E-state index contributed by atoms with van der Waals surface area (Å²) in [6.07, 6.45) is 21.8. The van der Waals surface area contributed by atoms with Gasteiger partial charge in [-0.25, -0.2) is 8.42 Å². The standard InChI is InChI=1S/C30H48O3S.Na/c1-3-5-7-9-11-13-15-17-20-26-24-25-29(34(31,32)33)30-27(22-19-23-28(26)30)21-18-16-14-12-10-8-6-4-2;/h19,22-25H,3-18,20-21H2,1-2H3,(H,31,32,33);/q;+1/p-1. The van der Waals surface area contributed by atoms with E-state index in [2.05, 4.69) is 13.8 Å². The molecule has 35 heavy (non-hydrogen) atoms. The van der Waals surface area contributed by atoms with Gasteiger partial charge >= 0.3 is 29.6 Å². The fourth-order valence-corrected chi connectivity index (χ4v) is 5.77. The van der Waals surface area contributed by atoms with Gasteiger partial charge in [-0.15, -0.1) is 0 Å². The van der Waals surface area contributed by atoms with Crippen molar-refractivity contribution in [2.24, 2.45) is 0 Å². The molecule has 5 heteroatoms. The van der Waals surface area contributed by atoms with E-state index in [4.69, 9.17) is 0 Å². The van der Waals surface area contributed by atoms with E-state index < -0.39 is 10.1 Å². The molecule has 0 amide bonds. The molecule has 0 aliphatic heterocycles. The van der Waals surface area contributed by atoms with Crippen molar-refractivity contribution in [3.8, 4) is 0 Å². The first-order chi connectivity index (χ1) is 16.5. The quantitative estimate of drug-likeness (QED) is 0.130. The fourth-order valence-electron chi connectivity index (χ4n) is 5.04. The van der Waals surface area contributed by atoms with Gasteiger partial charge in [0, 0.05) is 5.39 Å². The molecule has 0 aromatic heterocycles. The Kier molecular flexibility index (Phi) is 17.5. The molecule has 0 saturated heterocycles. The third-order valence-electron chi connectivity index (χ3n) is 7.05. The first-order valence-corrected chi connectivity index (χ1v) is 15.4. The molecule has 0 heterocycles. The predicted molar refractivity (Wildman–Crippen MR) is 145 cm³/mol. The number of unbranched alkanes of at least 4 members (excludes halogenated alkanes) is 14. The molecule has 0 atom stereocenters. The van der Waals surface area contributed by atoms with Crippen LogP contribution in [0.2, 0.25) is 0 Å². The summed E-state index contributed by atoms with van der Waals surface area (Å²) in [6, 6.07) is 9.47. The maximum Gasteiger partial charge on any atom is 1.00 e. The third-order valence-corrected chi connectivity index (χ3v) is 7.93. The zero-order valence-electron chi connectivity index (χ0n) is 22.7. The molecule has 0 aliphatic carbocycles. The Morgan fingerprint density at radius 2 is 1.06 bits per heavy atom. The zero-order chi connectivity index (χ0) is 24.7. The molecular weight excluding hydrogens is 463 g/mol. The van der Waals surface area contributed by atoms with E-state index in [9.17, 15) is 13.0 Å². The van der Waals surface area contributed by atoms with Crippen LogP contribution >= 0.6 is 0 Å². The van der Waals surface area contributed by atoms with Crippen molar-refractivity contribution in [1.29, 1.82) is 0 Å². The Morgan fingerprint density at radius 1 is 0.600 bits per heavy atom. The number of hydrogen-bond acceptors (Lipinski definition) is 3. The minimum absolute atomic E-state index is 0. The summed E-state index contributed by atoms with van der Waals surface area (Å²) in [4.78, 5) is -0.0441. The molecular formula is C30H47NaO3S. The summed E-state index contributed by atoms with van der Waals surface area (Å²) in [7, 11) is -4.51. The molecule has 0 spiro atoms. The van der Waals surface area contributed by atoms with Gasteiger partial charge in [0.05, 0.1) is 4.90 Å². The molecule has 3 nitrogen and oxygen atoms in total. The number of hydrogen-bond donors (Lipinski definition) is 0. The van der Waals surface area contributed by atoms with Crippen LogP contribution in [0, 0.1) is 0 Å². The Hall–Kier alpha value is -0.390. The van der Waals surface area contributed by atoms with Gasteiger partial charge in [-0.2, -0.15) is 0 Å². The summed E-state index contributed by atoms with van der Waals surface area (Å²) in [5.74, 6) is 0. The smallest absolute Gasteiger partial charge is 0.744 e. The van der Waals surface area contributed by atoms with Gasteiger partial charge in [0.25, 0.3) is 0 Å². The van der Waals surface area contributed by atoms with Gasteiger partial charge in [-0.05, 0) is 48.3 Å². The van der Waals surface area contributed by atoms with Crippen LogP contribution in [-0.2, 0) is 23.0 Å². The monoisotopic (exact) mass is 510 g/mol. The Bertz CT molecular complexity index is 940. The van der Waals surface area contributed by atoms with Gasteiger partial charge in [0.15, 0.2) is 0 Å². The number of benzene rings is 2. The second kappa shape index (κ2) is 18.8. The first kappa shape index (κ1) is 32.6. The molecule has 0 fully saturated rings. The number of aryl methyl sites for hydroxylation is 2. The summed E-state index contributed by atoms with van der Waals surface area (Å²) in [5.41, 5.74) is 2.18. The van der Waals surface area contributed by atoms with Crippen molar-refractivity contribution in [2.75, 3.05) is 0 Å².